The van der Waals surface area contributed by atoms with Crippen molar-refractivity contribution in [2.45, 2.75) is 25.8 Å². The molecule has 2 heterocycles. The third kappa shape index (κ3) is 5.19. The number of hydrogen-bond acceptors (Lipinski definition) is 6. The molecule has 6 nitrogen and oxygen atoms in total. The molecular formula is C35H35FN4O2. The third-order valence-corrected chi connectivity index (χ3v) is 7.98. The molecule has 42 heavy (non-hydrogen) atoms. The van der Waals surface area contributed by atoms with Crippen LogP contribution in [0.3, 0.4) is 0 Å². The van der Waals surface area contributed by atoms with Gasteiger partial charge in [0.2, 0.25) is 0 Å². The van der Waals surface area contributed by atoms with Crippen LogP contribution in [-0.4, -0.2) is 30.8 Å². The van der Waals surface area contributed by atoms with Crippen LogP contribution in [0.25, 0.3) is 10.8 Å². The Morgan fingerprint density at radius 1 is 1.12 bits per heavy atom. The first kappa shape index (κ1) is 27.4. The highest BCUT2D eigenvalue weighted by Crippen LogP contribution is 2.54. The van der Waals surface area contributed by atoms with Gasteiger partial charge in [-0.15, -0.1) is 0 Å². The molecule has 0 aliphatic carbocycles. The second kappa shape index (κ2) is 11.3. The molecule has 2 aliphatic rings. The summed E-state index contributed by atoms with van der Waals surface area (Å²) in [7, 11) is 0. The first-order chi connectivity index (χ1) is 20.3. The molecule has 1 unspecified atom stereocenters. The van der Waals surface area contributed by atoms with Crippen molar-refractivity contribution in [3.63, 3.8) is 0 Å². The van der Waals surface area contributed by atoms with Gasteiger partial charge in [0.15, 0.2) is 17.3 Å². The Balaban J connectivity index is 1.41. The molecule has 7 heteroatoms. The van der Waals surface area contributed by atoms with Gasteiger partial charge < -0.3 is 30.7 Å². The number of fused-ring (bicyclic) bond motifs is 3. The van der Waals surface area contributed by atoms with Crippen molar-refractivity contribution in [3.05, 3.63) is 120 Å². The van der Waals surface area contributed by atoms with Crippen LogP contribution in [0.2, 0.25) is 0 Å². The van der Waals surface area contributed by atoms with E-state index in [1.54, 1.807) is 24.3 Å². The lowest BCUT2D eigenvalue weighted by Crippen LogP contribution is -2.28. The molecule has 0 amide bonds. The number of aryl methyl sites for hydroxylation is 1. The number of nitrogens with one attached hydrogen (secondary N) is 1. The molecule has 1 atom stereocenters. The van der Waals surface area contributed by atoms with E-state index in [9.17, 15) is 5.11 Å². The summed E-state index contributed by atoms with van der Waals surface area (Å²) < 4.78 is 22.3. The van der Waals surface area contributed by atoms with E-state index in [1.165, 1.54) is 0 Å². The average Bonchev–Trinajstić information content (AvgIpc) is 3.40. The molecule has 0 radical (unpaired) electrons. The molecular weight excluding hydrogens is 527 g/mol. The van der Waals surface area contributed by atoms with Gasteiger partial charge in [-0.25, -0.2) is 4.39 Å². The number of halogens is 1. The van der Waals surface area contributed by atoms with Gasteiger partial charge in [-0.05, 0) is 72.0 Å². The summed E-state index contributed by atoms with van der Waals surface area (Å²) >= 11 is 0. The Morgan fingerprint density at radius 3 is 2.55 bits per heavy atom. The van der Waals surface area contributed by atoms with Crippen LogP contribution in [0.15, 0.2) is 103 Å². The maximum absolute atomic E-state index is 15.7. The van der Waals surface area contributed by atoms with Gasteiger partial charge in [-0.1, -0.05) is 55.6 Å². The number of phenols is 1. The number of aromatic hydroxyl groups is 1. The number of allylic oxidation sites excluding steroid dienone is 1. The zero-order valence-corrected chi connectivity index (χ0v) is 23.7. The van der Waals surface area contributed by atoms with Gasteiger partial charge in [0.25, 0.3) is 0 Å². The topological polar surface area (TPSA) is 74.0 Å². The van der Waals surface area contributed by atoms with E-state index in [-0.39, 0.29) is 17.6 Å². The zero-order valence-electron chi connectivity index (χ0n) is 23.7. The van der Waals surface area contributed by atoms with Gasteiger partial charge in [0.1, 0.15) is 11.4 Å². The van der Waals surface area contributed by atoms with Crippen LogP contribution in [0.5, 0.6) is 17.2 Å². The maximum atomic E-state index is 15.7. The van der Waals surface area contributed by atoms with Crippen LogP contribution in [0, 0.1) is 12.7 Å². The van der Waals surface area contributed by atoms with E-state index in [2.05, 4.69) is 35.5 Å². The Kier molecular flexibility index (Phi) is 7.35. The minimum absolute atomic E-state index is 0.0134. The van der Waals surface area contributed by atoms with E-state index in [4.69, 9.17) is 10.5 Å². The fourth-order valence-corrected chi connectivity index (χ4v) is 5.76. The number of nitrogens with two attached hydrogens (primary N) is 1. The summed E-state index contributed by atoms with van der Waals surface area (Å²) in [6, 6.07) is 21.0. The molecule has 0 bridgehead atoms. The molecule has 6 rings (SSSR count). The molecule has 4 N–H and O–H groups in total. The Morgan fingerprint density at radius 2 is 1.86 bits per heavy atom. The van der Waals surface area contributed by atoms with Crippen molar-refractivity contribution in [1.29, 1.82) is 0 Å². The predicted molar refractivity (Wildman–Crippen MR) is 169 cm³/mol. The van der Waals surface area contributed by atoms with Crippen molar-refractivity contribution < 1.29 is 14.2 Å². The van der Waals surface area contributed by atoms with Crippen LogP contribution in [-0.2, 0) is 6.42 Å². The smallest absolute Gasteiger partial charge is 0.178 e. The first-order valence-corrected chi connectivity index (χ1v) is 14.2. The Labute approximate surface area is 245 Å². The van der Waals surface area contributed by atoms with E-state index >= 15 is 4.39 Å². The average molecular weight is 563 g/mol. The van der Waals surface area contributed by atoms with E-state index in [0.29, 0.717) is 42.5 Å². The lowest BCUT2D eigenvalue weighted by atomic mass is 10.0. The zero-order chi connectivity index (χ0) is 29.4. The van der Waals surface area contributed by atoms with Crippen molar-refractivity contribution >= 4 is 27.8 Å². The SMILES string of the molecule is C=C/C(=C\N1c2cc3ccccc3cc2Oc2c(N3CCC(N)C3)c(F)cc(C)c21)C(=C)NCCc1ccc(O)cc1. The fraction of sp³-hybridized carbons (Fsp3) is 0.200. The van der Waals surface area contributed by atoms with Gasteiger partial charge in [-0.3, -0.25) is 0 Å². The molecule has 0 spiro atoms. The molecule has 0 saturated carbocycles. The van der Waals surface area contributed by atoms with Crippen LogP contribution >= 0.6 is 0 Å². The molecule has 4 aromatic carbocycles. The second-order valence-electron chi connectivity index (χ2n) is 10.9. The van der Waals surface area contributed by atoms with Gasteiger partial charge >= 0.3 is 0 Å². The molecule has 1 saturated heterocycles. The quantitative estimate of drug-likeness (QED) is 0.197. The molecule has 0 aromatic heterocycles. The second-order valence-corrected chi connectivity index (χ2v) is 10.9. The van der Waals surface area contributed by atoms with E-state index < -0.39 is 0 Å². The molecule has 4 aromatic rings. The van der Waals surface area contributed by atoms with E-state index in [1.807, 2.05) is 54.4 Å². The number of rotatable bonds is 8. The summed E-state index contributed by atoms with van der Waals surface area (Å²) in [6.45, 7) is 12.1. The van der Waals surface area contributed by atoms with Crippen molar-refractivity contribution in [2.75, 3.05) is 29.4 Å². The Hall–Kier alpha value is -4.75. The number of ether oxygens (including phenoxy) is 1. The van der Waals surface area contributed by atoms with Crippen LogP contribution < -0.4 is 25.6 Å². The van der Waals surface area contributed by atoms with Crippen molar-refractivity contribution in [1.82, 2.24) is 5.32 Å². The minimum atomic E-state index is -0.322. The minimum Gasteiger partial charge on any atom is -0.508 e. The number of anilines is 3. The lowest BCUT2D eigenvalue weighted by Gasteiger charge is -2.35. The fourth-order valence-electron chi connectivity index (χ4n) is 5.76. The normalized spacial score (nSPS) is 16.2. The highest BCUT2D eigenvalue weighted by Gasteiger charge is 2.34. The Bertz CT molecular complexity index is 1710. The predicted octanol–water partition coefficient (Wildman–Crippen LogP) is 7.19. The lowest BCUT2D eigenvalue weighted by molar-refractivity contribution is 0.470. The van der Waals surface area contributed by atoms with Crippen molar-refractivity contribution in [3.8, 4) is 17.2 Å². The highest BCUT2D eigenvalue weighted by molar-refractivity contribution is 5.95. The summed E-state index contributed by atoms with van der Waals surface area (Å²) in [6.07, 6.45) is 5.31. The van der Waals surface area contributed by atoms with Gasteiger partial charge in [0, 0.05) is 43.1 Å². The van der Waals surface area contributed by atoms with E-state index in [0.717, 1.165) is 51.7 Å². The number of nitrogens with zero attached hydrogens (tertiary/aromatic N) is 2. The summed E-state index contributed by atoms with van der Waals surface area (Å²) in [5.41, 5.74) is 11.6. The molecule has 1 fully saturated rings. The molecule has 214 valence electrons. The summed E-state index contributed by atoms with van der Waals surface area (Å²) in [5.74, 6) is 1.05. The summed E-state index contributed by atoms with van der Waals surface area (Å²) in [5, 5.41) is 15.1. The standard InChI is InChI=1S/C35H35FN4O2/c1-4-25(23(3)38-15-13-24-9-11-29(41)12-10-24)20-40-31-18-26-7-5-6-8-27(26)19-32(31)42-35-33(40)22(2)17-30(36)34(35)39-16-14-28(37)21-39/h4-12,17-20,28,38,41H,1,3,13-16,21,37H2,2H3/b25-20+. The molecule has 2 aliphatic heterocycles. The first-order valence-electron chi connectivity index (χ1n) is 14.2. The largest absolute Gasteiger partial charge is 0.508 e. The van der Waals surface area contributed by atoms with Crippen molar-refractivity contribution in [2.24, 2.45) is 5.73 Å². The number of hydrogen-bond donors (Lipinski definition) is 3. The highest BCUT2D eigenvalue weighted by atomic mass is 19.1. The third-order valence-electron chi connectivity index (χ3n) is 7.98. The summed E-state index contributed by atoms with van der Waals surface area (Å²) in [4.78, 5) is 4.06. The maximum Gasteiger partial charge on any atom is 0.178 e. The van der Waals surface area contributed by atoms with Crippen LogP contribution in [0.4, 0.5) is 21.5 Å². The number of benzene rings is 4. The van der Waals surface area contributed by atoms with Crippen LogP contribution in [0.1, 0.15) is 17.5 Å². The monoisotopic (exact) mass is 562 g/mol. The number of phenolic OH excluding ortho intramolecular Hbond substituents is 1. The van der Waals surface area contributed by atoms with Gasteiger partial charge in [-0.2, -0.15) is 0 Å². The van der Waals surface area contributed by atoms with Gasteiger partial charge in [0.05, 0.1) is 11.4 Å².